The molecule has 0 aliphatic carbocycles. The minimum Gasteiger partial charge on any atom is -0.497 e. The first-order valence-electron chi connectivity index (χ1n) is 6.89. The lowest BCUT2D eigenvalue weighted by molar-refractivity contribution is 0.0996. The highest BCUT2D eigenvalue weighted by Gasteiger charge is 2.11. The average molecular weight is 363 g/mol. The molecule has 7 heteroatoms. The molecule has 24 heavy (non-hydrogen) atoms. The molecule has 122 valence electrons. The van der Waals surface area contributed by atoms with Crippen molar-refractivity contribution in [2.24, 2.45) is 10.7 Å². The normalized spacial score (nSPS) is 11.7. The zero-order valence-electron chi connectivity index (χ0n) is 12.5. The van der Waals surface area contributed by atoms with Gasteiger partial charge in [-0.25, -0.2) is 4.99 Å². The molecule has 0 fully saturated rings. The van der Waals surface area contributed by atoms with Gasteiger partial charge in [0.2, 0.25) is 5.55 Å². The number of methoxy groups -OCH3 is 1. The Morgan fingerprint density at radius 3 is 2.62 bits per heavy atom. The number of halogens is 2. The van der Waals surface area contributed by atoms with Crippen molar-refractivity contribution in [1.29, 1.82) is 0 Å². The third-order valence-corrected chi connectivity index (χ3v) is 3.89. The number of hydrogen-bond donors (Lipinski definition) is 1. The number of carbonyl (C=O) groups is 1. The van der Waals surface area contributed by atoms with Crippen LogP contribution in [0.25, 0.3) is 11.0 Å². The zero-order chi connectivity index (χ0) is 17.3. The van der Waals surface area contributed by atoms with Crippen LogP contribution >= 0.6 is 23.2 Å². The van der Waals surface area contributed by atoms with E-state index in [2.05, 4.69) is 4.99 Å². The number of fused-ring (bicyclic) bond motifs is 1. The van der Waals surface area contributed by atoms with Crippen LogP contribution in [0.3, 0.4) is 0 Å². The third-order valence-electron chi connectivity index (χ3n) is 3.35. The third kappa shape index (κ3) is 3.22. The van der Waals surface area contributed by atoms with Crippen LogP contribution in [0.2, 0.25) is 10.0 Å². The Labute approximate surface area is 147 Å². The van der Waals surface area contributed by atoms with Gasteiger partial charge in [0, 0.05) is 10.4 Å². The Morgan fingerprint density at radius 2 is 1.96 bits per heavy atom. The number of amides is 1. The van der Waals surface area contributed by atoms with E-state index in [1.165, 1.54) is 0 Å². The first-order valence-corrected chi connectivity index (χ1v) is 7.65. The van der Waals surface area contributed by atoms with Crippen molar-refractivity contribution < 1.29 is 13.9 Å². The van der Waals surface area contributed by atoms with Crippen molar-refractivity contribution in [3.05, 3.63) is 63.6 Å². The van der Waals surface area contributed by atoms with E-state index < -0.39 is 5.91 Å². The SMILES string of the molecule is COc1ccc2oc(=Nc3ccc(Cl)cc3Cl)c(C(N)=O)cc2c1. The Kier molecular flexibility index (Phi) is 4.46. The van der Waals surface area contributed by atoms with Gasteiger partial charge in [-0.3, -0.25) is 4.79 Å². The summed E-state index contributed by atoms with van der Waals surface area (Å²) in [7, 11) is 1.56. The minimum atomic E-state index is -0.660. The van der Waals surface area contributed by atoms with Crippen molar-refractivity contribution in [3.63, 3.8) is 0 Å². The van der Waals surface area contributed by atoms with Crippen molar-refractivity contribution in [3.8, 4) is 5.75 Å². The first-order chi connectivity index (χ1) is 11.5. The summed E-state index contributed by atoms with van der Waals surface area (Å²) in [5.41, 5.74) is 6.61. The molecule has 0 atom stereocenters. The first kappa shape index (κ1) is 16.4. The fraction of sp³-hybridized carbons (Fsp3) is 0.0588. The van der Waals surface area contributed by atoms with Gasteiger partial charge in [0.15, 0.2) is 0 Å². The lowest BCUT2D eigenvalue weighted by Gasteiger charge is -2.05. The van der Waals surface area contributed by atoms with E-state index in [9.17, 15) is 4.79 Å². The van der Waals surface area contributed by atoms with Crippen LogP contribution in [-0.4, -0.2) is 13.0 Å². The quantitative estimate of drug-likeness (QED) is 0.762. The molecule has 1 amide bonds. The number of rotatable bonds is 3. The molecule has 3 aromatic rings. The maximum absolute atomic E-state index is 11.8. The van der Waals surface area contributed by atoms with E-state index >= 15 is 0 Å². The molecule has 5 nitrogen and oxygen atoms in total. The zero-order valence-corrected chi connectivity index (χ0v) is 14.1. The van der Waals surface area contributed by atoms with Crippen LogP contribution in [0.15, 0.2) is 51.9 Å². The Bertz CT molecular complexity index is 1010. The van der Waals surface area contributed by atoms with Gasteiger partial charge in [0.25, 0.3) is 5.91 Å². The molecule has 0 spiro atoms. The van der Waals surface area contributed by atoms with Gasteiger partial charge in [-0.1, -0.05) is 23.2 Å². The predicted molar refractivity (Wildman–Crippen MR) is 93.0 cm³/mol. The molecule has 0 unspecified atom stereocenters. The molecule has 0 aliphatic rings. The van der Waals surface area contributed by atoms with Gasteiger partial charge in [0.05, 0.1) is 17.8 Å². The second-order valence-corrected chi connectivity index (χ2v) is 5.78. The standard InChI is InChI=1S/C17H12Cl2N2O3/c1-23-11-3-5-15-9(6-11)7-12(16(20)22)17(24-15)21-14-4-2-10(18)8-13(14)19/h2-8H,1H3,(H2,20,22). The Hall–Kier alpha value is -2.50. The molecule has 3 rings (SSSR count). The minimum absolute atomic E-state index is 0.0735. The van der Waals surface area contributed by atoms with E-state index in [-0.39, 0.29) is 11.1 Å². The van der Waals surface area contributed by atoms with Gasteiger partial charge in [-0.2, -0.15) is 0 Å². The van der Waals surface area contributed by atoms with Crippen LogP contribution < -0.4 is 16.0 Å². The summed E-state index contributed by atoms with van der Waals surface area (Å²) >= 11 is 12.0. The van der Waals surface area contributed by atoms with Crippen LogP contribution in [0.5, 0.6) is 5.75 Å². The van der Waals surface area contributed by atoms with Crippen molar-refractivity contribution in [1.82, 2.24) is 0 Å². The van der Waals surface area contributed by atoms with Gasteiger partial charge >= 0.3 is 0 Å². The Balaban J connectivity index is 2.27. The molecule has 1 heterocycles. The second-order valence-electron chi connectivity index (χ2n) is 4.94. The van der Waals surface area contributed by atoms with Crippen LogP contribution in [-0.2, 0) is 0 Å². The highest BCUT2D eigenvalue weighted by Crippen LogP contribution is 2.28. The van der Waals surface area contributed by atoms with Gasteiger partial charge in [-0.05, 0) is 42.5 Å². The second kappa shape index (κ2) is 6.55. The van der Waals surface area contributed by atoms with E-state index in [0.29, 0.717) is 32.5 Å². The summed E-state index contributed by atoms with van der Waals surface area (Å²) in [6.07, 6.45) is 0. The van der Waals surface area contributed by atoms with Gasteiger partial charge in [-0.15, -0.1) is 0 Å². The van der Waals surface area contributed by atoms with Crippen LogP contribution in [0.4, 0.5) is 5.69 Å². The lowest BCUT2D eigenvalue weighted by Crippen LogP contribution is -2.21. The highest BCUT2D eigenvalue weighted by molar-refractivity contribution is 6.36. The van der Waals surface area contributed by atoms with E-state index in [0.717, 1.165) is 0 Å². The number of nitrogens with zero attached hydrogens (tertiary/aromatic N) is 1. The fourth-order valence-corrected chi connectivity index (χ4v) is 2.63. The number of nitrogens with two attached hydrogens (primary N) is 1. The average Bonchev–Trinajstić information content (AvgIpc) is 2.56. The fourth-order valence-electron chi connectivity index (χ4n) is 2.18. The monoisotopic (exact) mass is 362 g/mol. The maximum atomic E-state index is 11.8. The van der Waals surface area contributed by atoms with Gasteiger partial charge < -0.3 is 14.9 Å². The van der Waals surface area contributed by atoms with E-state index in [4.69, 9.17) is 38.1 Å². The summed E-state index contributed by atoms with van der Waals surface area (Å²) in [5, 5.41) is 1.49. The topological polar surface area (TPSA) is 77.8 Å². The summed E-state index contributed by atoms with van der Waals surface area (Å²) < 4.78 is 10.9. The van der Waals surface area contributed by atoms with E-state index in [1.807, 2.05) is 0 Å². The van der Waals surface area contributed by atoms with Crippen LogP contribution in [0.1, 0.15) is 10.4 Å². The van der Waals surface area contributed by atoms with E-state index in [1.54, 1.807) is 49.6 Å². The summed E-state index contributed by atoms with van der Waals surface area (Å²) in [5.74, 6) is -0.0224. The number of primary amides is 1. The predicted octanol–water partition coefficient (Wildman–Crippen LogP) is 4.08. The molecule has 2 aromatic carbocycles. The Morgan fingerprint density at radius 1 is 1.17 bits per heavy atom. The number of carbonyl (C=O) groups excluding carboxylic acids is 1. The molecular formula is C17H12Cl2N2O3. The molecular weight excluding hydrogens is 351 g/mol. The molecule has 0 aliphatic heterocycles. The maximum Gasteiger partial charge on any atom is 0.254 e. The smallest absolute Gasteiger partial charge is 0.254 e. The number of benzene rings is 2. The molecule has 0 saturated heterocycles. The summed E-state index contributed by atoms with van der Waals surface area (Å²) in [6, 6.07) is 11.6. The molecule has 2 N–H and O–H groups in total. The number of hydrogen-bond acceptors (Lipinski definition) is 4. The molecule has 0 bridgehead atoms. The summed E-state index contributed by atoms with van der Waals surface area (Å²) in [4.78, 5) is 16.1. The largest absolute Gasteiger partial charge is 0.497 e. The van der Waals surface area contributed by atoms with Crippen molar-refractivity contribution in [2.75, 3.05) is 7.11 Å². The molecule has 0 radical (unpaired) electrons. The van der Waals surface area contributed by atoms with Crippen molar-refractivity contribution >= 4 is 45.8 Å². The van der Waals surface area contributed by atoms with Crippen molar-refractivity contribution in [2.45, 2.75) is 0 Å². The van der Waals surface area contributed by atoms with Crippen LogP contribution in [0, 0.1) is 0 Å². The lowest BCUT2D eigenvalue weighted by atomic mass is 10.1. The highest BCUT2D eigenvalue weighted by atomic mass is 35.5. The van der Waals surface area contributed by atoms with Gasteiger partial charge in [0.1, 0.15) is 16.9 Å². The molecule has 1 aromatic heterocycles. The number of ether oxygens (including phenoxy) is 1. The molecule has 0 saturated carbocycles. The summed E-state index contributed by atoms with van der Waals surface area (Å²) in [6.45, 7) is 0.